The molecular formula is C13H12N2O4. The zero-order valence-corrected chi connectivity index (χ0v) is 10.1. The molecule has 0 bridgehead atoms. The van der Waals surface area contributed by atoms with Crippen molar-refractivity contribution in [3.8, 4) is 5.75 Å². The molecule has 0 aliphatic heterocycles. The Morgan fingerprint density at radius 3 is 2.74 bits per heavy atom. The molecule has 6 heteroatoms. The Morgan fingerprint density at radius 2 is 2.05 bits per heavy atom. The molecule has 19 heavy (non-hydrogen) atoms. The fourth-order valence-electron chi connectivity index (χ4n) is 1.63. The fourth-order valence-corrected chi connectivity index (χ4v) is 1.63. The number of hydrogen-bond donors (Lipinski definition) is 3. The van der Waals surface area contributed by atoms with E-state index in [1.54, 1.807) is 24.3 Å². The number of methoxy groups -OCH3 is 1. The molecule has 98 valence electrons. The number of carbonyl (C=O) groups is 1. The lowest BCUT2D eigenvalue weighted by molar-refractivity contribution is 0.0696. The van der Waals surface area contributed by atoms with E-state index in [1.165, 1.54) is 13.2 Å². The van der Waals surface area contributed by atoms with Gasteiger partial charge in [-0.3, -0.25) is 4.79 Å². The number of para-hydroxylation sites is 2. The number of nitrogens with one attached hydrogen (secondary N) is 2. The van der Waals surface area contributed by atoms with Crippen molar-refractivity contribution < 1.29 is 14.6 Å². The largest absolute Gasteiger partial charge is 0.495 e. The number of aromatic amines is 1. The summed E-state index contributed by atoms with van der Waals surface area (Å²) in [4.78, 5) is 24.8. The Kier molecular flexibility index (Phi) is 3.51. The van der Waals surface area contributed by atoms with Gasteiger partial charge in [0.25, 0.3) is 0 Å². The van der Waals surface area contributed by atoms with Gasteiger partial charge in [0, 0.05) is 6.07 Å². The fraction of sp³-hybridized carbons (Fsp3) is 0.0769. The van der Waals surface area contributed by atoms with Gasteiger partial charge < -0.3 is 20.1 Å². The molecule has 2 aromatic rings. The van der Waals surface area contributed by atoms with E-state index in [-0.39, 0.29) is 11.4 Å². The summed E-state index contributed by atoms with van der Waals surface area (Å²) in [6.45, 7) is 0. The summed E-state index contributed by atoms with van der Waals surface area (Å²) in [5, 5.41) is 11.8. The minimum atomic E-state index is -1.16. The highest BCUT2D eigenvalue weighted by Crippen LogP contribution is 2.25. The Hall–Kier alpha value is -2.76. The average Bonchev–Trinajstić information content (AvgIpc) is 2.38. The molecule has 0 fully saturated rings. The number of H-pyrrole nitrogens is 1. The first-order valence-corrected chi connectivity index (χ1v) is 5.48. The summed E-state index contributed by atoms with van der Waals surface area (Å²) in [6.07, 6.45) is 0. The molecule has 0 radical (unpaired) electrons. The van der Waals surface area contributed by atoms with Crippen LogP contribution >= 0.6 is 0 Å². The Morgan fingerprint density at radius 1 is 1.32 bits per heavy atom. The Labute approximate surface area is 108 Å². The molecule has 0 saturated heterocycles. The SMILES string of the molecule is COc1ccccc1Nc1cc(C(=O)O)cc(=O)[nH]1. The van der Waals surface area contributed by atoms with E-state index >= 15 is 0 Å². The number of carboxylic acid groups (broad SMARTS) is 1. The van der Waals surface area contributed by atoms with E-state index in [9.17, 15) is 9.59 Å². The minimum Gasteiger partial charge on any atom is -0.495 e. The second-order valence-corrected chi connectivity index (χ2v) is 3.78. The van der Waals surface area contributed by atoms with Gasteiger partial charge in [-0.2, -0.15) is 0 Å². The van der Waals surface area contributed by atoms with Crippen LogP contribution in [0, 0.1) is 0 Å². The van der Waals surface area contributed by atoms with Gasteiger partial charge in [-0.1, -0.05) is 12.1 Å². The highest BCUT2D eigenvalue weighted by Gasteiger charge is 2.08. The molecule has 0 saturated carbocycles. The van der Waals surface area contributed by atoms with Crippen LogP contribution in [-0.4, -0.2) is 23.2 Å². The van der Waals surface area contributed by atoms with Gasteiger partial charge in [0.1, 0.15) is 11.6 Å². The number of rotatable bonds is 4. The second kappa shape index (κ2) is 5.26. The maximum absolute atomic E-state index is 11.4. The van der Waals surface area contributed by atoms with Crippen LogP contribution in [0.25, 0.3) is 0 Å². The molecule has 0 aliphatic carbocycles. The van der Waals surface area contributed by atoms with E-state index in [2.05, 4.69) is 10.3 Å². The monoisotopic (exact) mass is 260 g/mol. The molecule has 2 rings (SSSR count). The molecule has 1 aromatic heterocycles. The van der Waals surface area contributed by atoms with Crippen molar-refractivity contribution in [3.63, 3.8) is 0 Å². The predicted molar refractivity (Wildman–Crippen MR) is 70.3 cm³/mol. The number of anilines is 2. The van der Waals surface area contributed by atoms with Gasteiger partial charge in [-0.05, 0) is 18.2 Å². The molecule has 1 aromatic carbocycles. The van der Waals surface area contributed by atoms with Gasteiger partial charge >= 0.3 is 5.97 Å². The summed E-state index contributed by atoms with van der Waals surface area (Å²) in [6, 6.07) is 9.47. The van der Waals surface area contributed by atoms with Crippen molar-refractivity contribution in [1.82, 2.24) is 4.98 Å². The molecular weight excluding hydrogens is 248 g/mol. The number of benzene rings is 1. The first-order chi connectivity index (χ1) is 9.10. The first-order valence-electron chi connectivity index (χ1n) is 5.48. The number of pyridine rings is 1. The first kappa shape index (κ1) is 12.7. The van der Waals surface area contributed by atoms with Gasteiger partial charge in [-0.15, -0.1) is 0 Å². The van der Waals surface area contributed by atoms with E-state index < -0.39 is 11.5 Å². The van der Waals surface area contributed by atoms with Crippen molar-refractivity contribution in [2.45, 2.75) is 0 Å². The number of aromatic carboxylic acids is 1. The van der Waals surface area contributed by atoms with E-state index in [4.69, 9.17) is 9.84 Å². The van der Waals surface area contributed by atoms with E-state index in [0.717, 1.165) is 6.07 Å². The normalized spacial score (nSPS) is 9.95. The summed E-state index contributed by atoms with van der Waals surface area (Å²) < 4.78 is 5.15. The molecule has 0 unspecified atom stereocenters. The molecule has 3 N–H and O–H groups in total. The predicted octanol–water partition coefficient (Wildman–Crippen LogP) is 1.83. The number of carboxylic acids is 1. The third kappa shape index (κ3) is 2.92. The van der Waals surface area contributed by atoms with Crippen molar-refractivity contribution in [2.24, 2.45) is 0 Å². The second-order valence-electron chi connectivity index (χ2n) is 3.78. The summed E-state index contributed by atoms with van der Waals surface area (Å²) in [5.41, 5.74) is 0.0571. The quantitative estimate of drug-likeness (QED) is 0.780. The van der Waals surface area contributed by atoms with Gasteiger partial charge in [0.15, 0.2) is 0 Å². The standard InChI is InChI=1S/C13H12N2O4/c1-19-10-5-3-2-4-9(10)14-11-6-8(13(17)18)7-12(16)15-11/h2-7H,1H3,(H,17,18)(H2,14,15,16). The summed E-state index contributed by atoms with van der Waals surface area (Å²) in [5.74, 6) is -0.285. The van der Waals surface area contributed by atoms with Crippen LogP contribution in [0.3, 0.4) is 0 Å². The lowest BCUT2D eigenvalue weighted by Gasteiger charge is -2.10. The van der Waals surface area contributed by atoms with Crippen LogP contribution in [0.2, 0.25) is 0 Å². The van der Waals surface area contributed by atoms with Gasteiger partial charge in [-0.25, -0.2) is 4.79 Å². The van der Waals surface area contributed by atoms with E-state index in [1.807, 2.05) is 0 Å². The van der Waals surface area contributed by atoms with Crippen LogP contribution in [0.1, 0.15) is 10.4 Å². The molecule has 0 aliphatic rings. The average molecular weight is 260 g/mol. The highest BCUT2D eigenvalue weighted by atomic mass is 16.5. The van der Waals surface area contributed by atoms with Crippen LogP contribution in [0.5, 0.6) is 5.75 Å². The van der Waals surface area contributed by atoms with Crippen molar-refractivity contribution in [3.05, 3.63) is 52.3 Å². The Balaban J connectivity index is 2.38. The van der Waals surface area contributed by atoms with Crippen LogP contribution in [-0.2, 0) is 0 Å². The number of ether oxygens (including phenoxy) is 1. The van der Waals surface area contributed by atoms with Crippen LogP contribution in [0.15, 0.2) is 41.2 Å². The van der Waals surface area contributed by atoms with Crippen LogP contribution < -0.4 is 15.6 Å². The third-order valence-electron chi connectivity index (χ3n) is 2.47. The Bertz CT molecular complexity index is 664. The lowest BCUT2D eigenvalue weighted by atomic mass is 10.2. The molecule has 6 nitrogen and oxygen atoms in total. The lowest BCUT2D eigenvalue weighted by Crippen LogP contribution is -2.11. The molecule has 1 heterocycles. The van der Waals surface area contributed by atoms with Crippen molar-refractivity contribution in [2.75, 3.05) is 12.4 Å². The van der Waals surface area contributed by atoms with Crippen molar-refractivity contribution >= 4 is 17.5 Å². The minimum absolute atomic E-state index is 0.0823. The zero-order chi connectivity index (χ0) is 13.8. The topological polar surface area (TPSA) is 91.4 Å². The third-order valence-corrected chi connectivity index (χ3v) is 2.47. The summed E-state index contributed by atoms with van der Waals surface area (Å²) in [7, 11) is 1.52. The zero-order valence-electron chi connectivity index (χ0n) is 10.1. The van der Waals surface area contributed by atoms with Gasteiger partial charge in [0.05, 0.1) is 18.4 Å². The maximum atomic E-state index is 11.4. The maximum Gasteiger partial charge on any atom is 0.336 e. The molecule has 0 spiro atoms. The summed E-state index contributed by atoms with van der Waals surface area (Å²) >= 11 is 0. The smallest absolute Gasteiger partial charge is 0.336 e. The number of aromatic nitrogens is 1. The van der Waals surface area contributed by atoms with E-state index in [0.29, 0.717) is 11.4 Å². The molecule has 0 atom stereocenters. The van der Waals surface area contributed by atoms with Crippen LogP contribution in [0.4, 0.5) is 11.5 Å². The van der Waals surface area contributed by atoms with Crippen molar-refractivity contribution in [1.29, 1.82) is 0 Å². The molecule has 0 amide bonds. The highest BCUT2D eigenvalue weighted by molar-refractivity contribution is 5.88. The van der Waals surface area contributed by atoms with Gasteiger partial charge in [0.2, 0.25) is 5.56 Å². The number of hydrogen-bond acceptors (Lipinski definition) is 4.